The van der Waals surface area contributed by atoms with Gasteiger partial charge in [0.05, 0.1) is 12.3 Å². The number of rotatable bonds is 15. The van der Waals surface area contributed by atoms with Crippen LogP contribution in [0.2, 0.25) is 0 Å². The number of phenols is 1. The minimum Gasteiger partial charge on any atom is -0.508 e. The number of hydrogen-bond donors (Lipinski definition) is 4. The van der Waals surface area contributed by atoms with E-state index >= 15 is 0 Å². The lowest BCUT2D eigenvalue weighted by Gasteiger charge is -2.25. The normalized spacial score (nSPS) is 12.5. The van der Waals surface area contributed by atoms with Crippen LogP contribution in [0.4, 0.5) is 10.5 Å². The predicted octanol–water partition coefficient (Wildman–Crippen LogP) is 7.16. The van der Waals surface area contributed by atoms with Gasteiger partial charge in [0.25, 0.3) is 5.91 Å². The fraction of sp³-hybridized carbons (Fsp3) is 0.349. The zero-order chi connectivity index (χ0) is 39.3. The molecule has 11 heteroatoms. The largest absolute Gasteiger partial charge is 0.508 e. The number of alkyl carbamates (subject to hydrolysis) is 1. The molecule has 0 bridgehead atoms. The van der Waals surface area contributed by atoms with E-state index in [1.807, 2.05) is 60.7 Å². The van der Waals surface area contributed by atoms with E-state index in [1.54, 1.807) is 71.9 Å². The zero-order valence-corrected chi connectivity index (χ0v) is 31.8. The van der Waals surface area contributed by atoms with Gasteiger partial charge in [0.2, 0.25) is 5.91 Å². The highest BCUT2D eigenvalue weighted by Gasteiger charge is 2.29. The van der Waals surface area contributed by atoms with E-state index < -0.39 is 47.2 Å². The van der Waals surface area contributed by atoms with Crippen molar-refractivity contribution in [3.63, 3.8) is 0 Å². The van der Waals surface area contributed by atoms with Crippen molar-refractivity contribution < 1.29 is 38.5 Å². The van der Waals surface area contributed by atoms with Crippen LogP contribution < -0.4 is 20.7 Å². The molecule has 0 aliphatic carbocycles. The minimum atomic E-state index is -1.02. The topological polar surface area (TPSA) is 152 Å². The van der Waals surface area contributed by atoms with Crippen LogP contribution in [-0.4, -0.2) is 58.9 Å². The number of benzene rings is 4. The Hall–Kier alpha value is -5.84. The van der Waals surface area contributed by atoms with Crippen molar-refractivity contribution in [2.75, 3.05) is 11.9 Å². The predicted molar refractivity (Wildman–Crippen MR) is 208 cm³/mol. The molecule has 0 heterocycles. The fourth-order valence-corrected chi connectivity index (χ4v) is 5.38. The van der Waals surface area contributed by atoms with Gasteiger partial charge in [-0.2, -0.15) is 0 Å². The van der Waals surface area contributed by atoms with Gasteiger partial charge in [0.15, 0.2) is 0 Å². The highest BCUT2D eigenvalue weighted by Crippen LogP contribution is 2.27. The molecule has 3 amide bonds. The van der Waals surface area contributed by atoms with Crippen molar-refractivity contribution in [2.45, 2.75) is 90.5 Å². The van der Waals surface area contributed by atoms with Gasteiger partial charge in [-0.3, -0.25) is 9.59 Å². The number of ether oxygens (including phenoxy) is 3. The van der Waals surface area contributed by atoms with Gasteiger partial charge in [0, 0.05) is 18.4 Å². The highest BCUT2D eigenvalue weighted by molar-refractivity contribution is 6.00. The maximum absolute atomic E-state index is 13.8. The lowest BCUT2D eigenvalue weighted by Crippen LogP contribution is -2.47. The summed E-state index contributed by atoms with van der Waals surface area (Å²) in [6.07, 6.45) is 0.730. The molecule has 4 rings (SSSR count). The molecular formula is C43H51N3O8. The quantitative estimate of drug-likeness (QED) is 0.0939. The summed E-state index contributed by atoms with van der Waals surface area (Å²) >= 11 is 0. The number of aryl methyl sites for hydroxylation is 1. The van der Waals surface area contributed by atoms with Crippen molar-refractivity contribution >= 4 is 29.6 Å². The smallest absolute Gasteiger partial charge is 0.408 e. The first-order valence-corrected chi connectivity index (χ1v) is 18.0. The van der Waals surface area contributed by atoms with E-state index in [0.717, 1.165) is 16.7 Å². The number of amides is 3. The molecule has 4 aromatic rings. The van der Waals surface area contributed by atoms with Gasteiger partial charge in [-0.05, 0) is 101 Å². The van der Waals surface area contributed by atoms with Crippen molar-refractivity contribution in [3.05, 3.63) is 125 Å². The molecule has 2 atom stereocenters. The maximum atomic E-state index is 13.8. The number of aromatic hydroxyl groups is 1. The fourth-order valence-electron chi connectivity index (χ4n) is 5.38. The third-order valence-corrected chi connectivity index (χ3v) is 7.94. The summed E-state index contributed by atoms with van der Waals surface area (Å²) in [6, 6.07) is 28.2. The van der Waals surface area contributed by atoms with E-state index in [4.69, 9.17) is 14.2 Å². The van der Waals surface area contributed by atoms with Gasteiger partial charge in [-0.25, -0.2) is 9.59 Å². The van der Waals surface area contributed by atoms with Crippen LogP contribution >= 0.6 is 0 Å². The molecule has 4 aromatic carbocycles. The molecule has 0 fully saturated rings. The monoisotopic (exact) mass is 737 g/mol. The molecule has 0 aromatic heterocycles. The Labute approximate surface area is 317 Å². The van der Waals surface area contributed by atoms with Gasteiger partial charge < -0.3 is 35.3 Å². The Morgan fingerprint density at radius 2 is 1.26 bits per heavy atom. The second-order valence-corrected chi connectivity index (χ2v) is 14.9. The number of esters is 1. The third-order valence-electron chi connectivity index (χ3n) is 7.94. The Morgan fingerprint density at radius 3 is 1.87 bits per heavy atom. The molecule has 0 spiro atoms. The highest BCUT2D eigenvalue weighted by atomic mass is 16.6. The summed E-state index contributed by atoms with van der Waals surface area (Å²) in [5.41, 5.74) is 1.64. The first-order chi connectivity index (χ1) is 25.5. The molecule has 11 nitrogen and oxygen atoms in total. The molecular weight excluding hydrogens is 686 g/mol. The average Bonchev–Trinajstić information content (AvgIpc) is 3.10. The summed E-state index contributed by atoms with van der Waals surface area (Å²) in [5, 5.41) is 18.1. The molecule has 54 heavy (non-hydrogen) atoms. The van der Waals surface area contributed by atoms with Gasteiger partial charge in [-0.1, -0.05) is 72.8 Å². The first kappa shape index (κ1) is 40.9. The summed E-state index contributed by atoms with van der Waals surface area (Å²) in [4.78, 5) is 53.7. The minimum absolute atomic E-state index is 0.141. The summed E-state index contributed by atoms with van der Waals surface area (Å²) in [7, 11) is 0. The average molecular weight is 738 g/mol. The zero-order valence-electron chi connectivity index (χ0n) is 31.8. The second kappa shape index (κ2) is 18.8. The molecule has 286 valence electrons. The first-order valence-electron chi connectivity index (χ1n) is 18.0. The Morgan fingerprint density at radius 1 is 0.667 bits per heavy atom. The lowest BCUT2D eigenvalue weighted by molar-refractivity contribution is -0.157. The number of carbonyl (C=O) groups is 4. The van der Waals surface area contributed by atoms with Crippen LogP contribution in [-0.2, 0) is 38.3 Å². The van der Waals surface area contributed by atoms with Crippen LogP contribution in [0.25, 0.3) is 0 Å². The number of carbonyl (C=O) groups excluding carboxylic acids is 4. The van der Waals surface area contributed by atoms with E-state index in [9.17, 15) is 24.3 Å². The van der Waals surface area contributed by atoms with Crippen molar-refractivity contribution in [1.82, 2.24) is 10.6 Å². The van der Waals surface area contributed by atoms with Crippen molar-refractivity contribution in [2.24, 2.45) is 0 Å². The summed E-state index contributed by atoms with van der Waals surface area (Å²) < 4.78 is 17.3. The molecule has 0 saturated carbocycles. The SMILES string of the molecule is CC(C)(C)OC(=O)N[C@@H](Cc1ccccc1)C(=O)Nc1ccc(C(=O)N[C@@H](CCc2ccccc2)C(=O)OC(C)(C)C)cc1OCCc1ccc(O)cc1. The van der Waals surface area contributed by atoms with Crippen molar-refractivity contribution in [3.8, 4) is 11.5 Å². The summed E-state index contributed by atoms with van der Waals surface area (Å²) in [6.45, 7) is 10.7. The molecule has 0 radical (unpaired) electrons. The van der Waals surface area contributed by atoms with E-state index in [1.165, 1.54) is 12.1 Å². The summed E-state index contributed by atoms with van der Waals surface area (Å²) in [5.74, 6) is -1.28. The van der Waals surface area contributed by atoms with E-state index in [0.29, 0.717) is 19.3 Å². The van der Waals surface area contributed by atoms with Crippen molar-refractivity contribution in [1.29, 1.82) is 0 Å². The van der Waals surface area contributed by atoms with Gasteiger partial charge >= 0.3 is 12.1 Å². The third kappa shape index (κ3) is 13.9. The van der Waals surface area contributed by atoms with Gasteiger partial charge in [-0.15, -0.1) is 0 Å². The maximum Gasteiger partial charge on any atom is 0.408 e. The van der Waals surface area contributed by atoms with Crippen LogP contribution in [0.3, 0.4) is 0 Å². The molecule has 0 aliphatic rings. The number of hydrogen-bond acceptors (Lipinski definition) is 8. The lowest BCUT2D eigenvalue weighted by atomic mass is 10.0. The molecule has 4 N–H and O–H groups in total. The van der Waals surface area contributed by atoms with E-state index in [-0.39, 0.29) is 35.8 Å². The molecule has 0 unspecified atom stereocenters. The standard InChI is InChI=1S/C43H51N3O8/c1-42(2,3)53-40(50)35(23-19-29-13-9-7-10-14-29)45-38(48)32-20-24-34(37(28-32)52-26-25-30-17-21-33(47)22-18-30)44-39(49)36(27-31-15-11-8-12-16-31)46-41(51)54-43(4,5)6/h7-18,20-22,24,28,35-36,47H,19,23,25-27H2,1-6H3,(H,44,49)(H,45,48)(H,46,51)/t35-,36-/m0/s1. The van der Waals surface area contributed by atoms with Crippen LogP contribution in [0, 0.1) is 0 Å². The van der Waals surface area contributed by atoms with Gasteiger partial charge in [0.1, 0.15) is 34.8 Å². The number of anilines is 1. The van der Waals surface area contributed by atoms with Crippen LogP contribution in [0.1, 0.15) is 75.0 Å². The number of phenolic OH excluding ortho intramolecular Hbond substituents is 1. The Balaban J connectivity index is 1.59. The second-order valence-electron chi connectivity index (χ2n) is 14.9. The molecule has 0 aliphatic heterocycles. The Kier molecular flexibility index (Phi) is 14.2. The Bertz CT molecular complexity index is 1850. The number of nitrogens with one attached hydrogen (secondary N) is 3. The van der Waals surface area contributed by atoms with Crippen LogP contribution in [0.15, 0.2) is 103 Å². The van der Waals surface area contributed by atoms with Crippen LogP contribution in [0.5, 0.6) is 11.5 Å². The molecule has 0 saturated heterocycles. The van der Waals surface area contributed by atoms with E-state index in [2.05, 4.69) is 16.0 Å².